The van der Waals surface area contributed by atoms with Crippen LogP contribution < -0.4 is 10.1 Å². The summed E-state index contributed by atoms with van der Waals surface area (Å²) in [5.74, 6) is 0.781. The number of hydrogen-bond acceptors (Lipinski definition) is 2. The molecule has 1 atom stereocenters. The highest BCUT2D eigenvalue weighted by molar-refractivity contribution is 6.33. The van der Waals surface area contributed by atoms with Crippen molar-refractivity contribution in [2.75, 3.05) is 19.0 Å². The molecule has 5 rings (SSSR count). The minimum Gasteiger partial charge on any atom is -0.497 e. The predicted octanol–water partition coefficient (Wildman–Crippen LogP) is 6.01. The fourth-order valence-corrected chi connectivity index (χ4v) is 4.52. The van der Waals surface area contributed by atoms with Crippen LogP contribution in [0.15, 0.2) is 72.8 Å². The van der Waals surface area contributed by atoms with E-state index in [4.69, 9.17) is 16.3 Å². The molecule has 2 amide bonds. The molecule has 1 unspecified atom stereocenters. The molecule has 31 heavy (non-hydrogen) atoms. The van der Waals surface area contributed by atoms with Crippen molar-refractivity contribution in [2.24, 2.45) is 0 Å². The lowest BCUT2D eigenvalue weighted by Crippen LogP contribution is -2.43. The number of urea groups is 1. The molecule has 3 aromatic carbocycles. The molecule has 2 N–H and O–H groups in total. The standard InChI is InChI=1S/C25H22ClN3O2/c1-31-17-12-10-16(11-13-17)24-23-19(18-6-2-4-8-21(18)27-23)14-15-29(24)25(30)28-22-9-5-3-7-20(22)26/h2-13,24,27H,14-15H2,1H3,(H,28,30). The van der Waals surface area contributed by atoms with Gasteiger partial charge in [0.2, 0.25) is 0 Å². The summed E-state index contributed by atoms with van der Waals surface area (Å²) in [5.41, 5.74) is 5.01. The first-order valence-corrected chi connectivity index (χ1v) is 10.6. The zero-order valence-corrected chi connectivity index (χ0v) is 17.8. The van der Waals surface area contributed by atoms with E-state index in [1.807, 2.05) is 47.4 Å². The number of methoxy groups -OCH3 is 1. The van der Waals surface area contributed by atoms with Gasteiger partial charge in [0, 0.05) is 23.1 Å². The quantitative estimate of drug-likeness (QED) is 0.417. The lowest BCUT2D eigenvalue weighted by atomic mass is 9.92. The second-order valence-corrected chi connectivity index (χ2v) is 8.00. The topological polar surface area (TPSA) is 57.4 Å². The van der Waals surface area contributed by atoms with Crippen molar-refractivity contribution in [3.8, 4) is 5.75 Å². The zero-order valence-electron chi connectivity index (χ0n) is 17.1. The van der Waals surface area contributed by atoms with Crippen molar-refractivity contribution in [1.29, 1.82) is 0 Å². The summed E-state index contributed by atoms with van der Waals surface area (Å²) in [5, 5.41) is 4.71. The summed E-state index contributed by atoms with van der Waals surface area (Å²) in [6.45, 7) is 0.599. The molecule has 1 aliphatic rings. The summed E-state index contributed by atoms with van der Waals surface area (Å²) in [4.78, 5) is 18.8. The Morgan fingerprint density at radius 1 is 1.06 bits per heavy atom. The van der Waals surface area contributed by atoms with Crippen LogP contribution in [0.3, 0.4) is 0 Å². The summed E-state index contributed by atoms with van der Waals surface area (Å²) in [7, 11) is 1.65. The number of ether oxygens (including phenoxy) is 1. The van der Waals surface area contributed by atoms with Crippen molar-refractivity contribution < 1.29 is 9.53 Å². The van der Waals surface area contributed by atoms with Crippen molar-refractivity contribution in [2.45, 2.75) is 12.5 Å². The van der Waals surface area contributed by atoms with Gasteiger partial charge in [-0.2, -0.15) is 0 Å². The number of amides is 2. The van der Waals surface area contributed by atoms with Gasteiger partial charge >= 0.3 is 6.03 Å². The highest BCUT2D eigenvalue weighted by Crippen LogP contribution is 2.39. The van der Waals surface area contributed by atoms with Crippen LogP contribution in [0.4, 0.5) is 10.5 Å². The Kier molecular flexibility index (Phi) is 5.04. The number of halogens is 1. The monoisotopic (exact) mass is 431 g/mol. The second kappa shape index (κ2) is 8.00. The molecule has 1 aliphatic heterocycles. The van der Waals surface area contributed by atoms with E-state index in [0.717, 1.165) is 28.9 Å². The van der Waals surface area contributed by atoms with E-state index in [9.17, 15) is 4.79 Å². The number of aromatic nitrogens is 1. The first-order valence-electron chi connectivity index (χ1n) is 10.2. The SMILES string of the molecule is COc1ccc(C2c3[nH]c4ccccc4c3CCN2C(=O)Nc2ccccc2Cl)cc1. The fourth-order valence-electron chi connectivity index (χ4n) is 4.34. The number of nitrogens with zero attached hydrogens (tertiary/aromatic N) is 1. The molecule has 5 nitrogen and oxygen atoms in total. The van der Waals surface area contributed by atoms with Crippen LogP contribution in [0, 0.1) is 0 Å². The molecule has 0 fully saturated rings. The van der Waals surface area contributed by atoms with Gasteiger partial charge in [0.1, 0.15) is 5.75 Å². The third-order valence-corrected chi connectivity index (χ3v) is 6.17. The summed E-state index contributed by atoms with van der Waals surface area (Å²) in [6, 6.07) is 23.0. The predicted molar refractivity (Wildman–Crippen MR) is 124 cm³/mol. The molecule has 0 saturated carbocycles. The third-order valence-electron chi connectivity index (χ3n) is 5.84. The number of para-hydroxylation sites is 2. The number of anilines is 1. The molecule has 6 heteroatoms. The molecule has 4 aromatic rings. The first-order chi connectivity index (χ1) is 15.2. The number of H-pyrrole nitrogens is 1. The molecule has 2 heterocycles. The average Bonchev–Trinajstić information content (AvgIpc) is 3.19. The highest BCUT2D eigenvalue weighted by Gasteiger charge is 2.34. The van der Waals surface area contributed by atoms with Gasteiger partial charge in [-0.1, -0.05) is 54.1 Å². The molecule has 156 valence electrons. The van der Waals surface area contributed by atoms with Gasteiger partial charge in [0.25, 0.3) is 0 Å². The lowest BCUT2D eigenvalue weighted by Gasteiger charge is -2.36. The Labute approximate surface area is 185 Å². The van der Waals surface area contributed by atoms with Crippen LogP contribution in [0.2, 0.25) is 5.02 Å². The Hall–Kier alpha value is -3.44. The van der Waals surface area contributed by atoms with Crippen LogP contribution in [0.25, 0.3) is 10.9 Å². The van der Waals surface area contributed by atoms with Crippen LogP contribution in [-0.4, -0.2) is 29.6 Å². The molecular weight excluding hydrogens is 410 g/mol. The maximum absolute atomic E-state index is 13.4. The van der Waals surface area contributed by atoms with Gasteiger partial charge in [0.15, 0.2) is 0 Å². The molecule has 0 radical (unpaired) electrons. The normalized spacial score (nSPS) is 15.5. The van der Waals surface area contributed by atoms with Gasteiger partial charge in [-0.05, 0) is 47.9 Å². The molecule has 0 saturated heterocycles. The number of fused-ring (bicyclic) bond motifs is 3. The summed E-state index contributed by atoms with van der Waals surface area (Å²) >= 11 is 6.28. The van der Waals surface area contributed by atoms with E-state index >= 15 is 0 Å². The van der Waals surface area contributed by atoms with Gasteiger partial charge in [-0.3, -0.25) is 0 Å². The average molecular weight is 432 g/mol. The number of carbonyl (C=O) groups is 1. The van der Waals surface area contributed by atoms with E-state index in [0.29, 0.717) is 17.3 Å². The summed E-state index contributed by atoms with van der Waals surface area (Å²) in [6.07, 6.45) is 0.780. The Balaban J connectivity index is 1.58. The van der Waals surface area contributed by atoms with E-state index < -0.39 is 0 Å². The van der Waals surface area contributed by atoms with Crippen molar-refractivity contribution in [1.82, 2.24) is 9.88 Å². The number of benzene rings is 3. The number of hydrogen-bond donors (Lipinski definition) is 2. The highest BCUT2D eigenvalue weighted by atomic mass is 35.5. The third kappa shape index (κ3) is 3.51. The smallest absolute Gasteiger partial charge is 0.322 e. The van der Waals surface area contributed by atoms with Crippen LogP contribution >= 0.6 is 11.6 Å². The van der Waals surface area contributed by atoms with Crippen molar-refractivity contribution >= 4 is 34.2 Å². The molecule has 1 aromatic heterocycles. The Morgan fingerprint density at radius 2 is 1.81 bits per heavy atom. The zero-order chi connectivity index (χ0) is 21.4. The van der Waals surface area contributed by atoms with Gasteiger partial charge in [-0.15, -0.1) is 0 Å². The number of rotatable bonds is 3. The lowest BCUT2D eigenvalue weighted by molar-refractivity contribution is 0.193. The Morgan fingerprint density at radius 3 is 2.58 bits per heavy atom. The molecular formula is C25H22ClN3O2. The maximum Gasteiger partial charge on any atom is 0.322 e. The van der Waals surface area contributed by atoms with E-state index in [1.54, 1.807) is 19.2 Å². The van der Waals surface area contributed by atoms with E-state index in [1.165, 1.54) is 10.9 Å². The number of nitrogens with one attached hydrogen (secondary N) is 2. The van der Waals surface area contributed by atoms with Gasteiger partial charge < -0.3 is 19.9 Å². The number of carbonyl (C=O) groups excluding carboxylic acids is 1. The van der Waals surface area contributed by atoms with Gasteiger partial charge in [-0.25, -0.2) is 4.79 Å². The Bertz CT molecular complexity index is 1250. The van der Waals surface area contributed by atoms with E-state index in [-0.39, 0.29) is 12.1 Å². The van der Waals surface area contributed by atoms with E-state index in [2.05, 4.69) is 28.5 Å². The minimum absolute atomic E-state index is 0.182. The molecule has 0 spiro atoms. The molecule has 0 bridgehead atoms. The van der Waals surface area contributed by atoms with Gasteiger partial charge in [0.05, 0.1) is 23.9 Å². The summed E-state index contributed by atoms with van der Waals surface area (Å²) < 4.78 is 5.33. The van der Waals surface area contributed by atoms with Crippen molar-refractivity contribution in [3.63, 3.8) is 0 Å². The molecule has 0 aliphatic carbocycles. The first kappa shape index (κ1) is 19.5. The minimum atomic E-state index is -0.246. The maximum atomic E-state index is 13.4. The van der Waals surface area contributed by atoms with Crippen LogP contribution in [0.5, 0.6) is 5.75 Å². The largest absolute Gasteiger partial charge is 0.497 e. The fraction of sp³-hybridized carbons (Fsp3) is 0.160. The second-order valence-electron chi connectivity index (χ2n) is 7.59. The van der Waals surface area contributed by atoms with Crippen LogP contribution in [-0.2, 0) is 6.42 Å². The van der Waals surface area contributed by atoms with Crippen molar-refractivity contribution in [3.05, 3.63) is 94.6 Å². The number of aromatic amines is 1. The van der Waals surface area contributed by atoms with Crippen LogP contribution in [0.1, 0.15) is 22.9 Å².